The first-order chi connectivity index (χ1) is 15.5. The van der Waals surface area contributed by atoms with Gasteiger partial charge in [-0.15, -0.1) is 0 Å². The highest BCUT2D eigenvalue weighted by molar-refractivity contribution is 5.79. The van der Waals surface area contributed by atoms with Crippen molar-refractivity contribution in [3.05, 3.63) is 48.4 Å². The van der Waals surface area contributed by atoms with Crippen molar-refractivity contribution in [2.75, 3.05) is 64.4 Å². The van der Waals surface area contributed by atoms with Crippen molar-refractivity contribution in [3.8, 4) is 5.75 Å². The minimum atomic E-state index is -1.13. The fraction of sp³-hybridized carbons (Fsp3) is 0.542. The average molecular weight is 444 g/mol. The van der Waals surface area contributed by atoms with Gasteiger partial charge < -0.3 is 29.8 Å². The zero-order valence-corrected chi connectivity index (χ0v) is 19.5. The van der Waals surface area contributed by atoms with E-state index in [9.17, 15) is 5.11 Å². The quantitative estimate of drug-likeness (QED) is 0.295. The molecule has 0 saturated carbocycles. The molecule has 2 heterocycles. The second-order valence-corrected chi connectivity index (χ2v) is 8.25. The smallest absolute Gasteiger partial charge is 0.191 e. The second kappa shape index (κ2) is 11.8. The maximum Gasteiger partial charge on any atom is 0.191 e. The number of aliphatic hydroxyl groups is 1. The van der Waals surface area contributed by atoms with Crippen molar-refractivity contribution in [1.82, 2.24) is 15.5 Å². The van der Waals surface area contributed by atoms with Crippen molar-refractivity contribution < 1.29 is 14.3 Å². The first kappa shape index (κ1) is 23.9. The molecule has 8 heteroatoms. The van der Waals surface area contributed by atoms with E-state index in [1.54, 1.807) is 32.4 Å². The van der Waals surface area contributed by atoms with E-state index in [0.29, 0.717) is 11.7 Å². The summed E-state index contributed by atoms with van der Waals surface area (Å²) in [7, 11) is 1.69. The highest BCUT2D eigenvalue weighted by Gasteiger charge is 2.26. The summed E-state index contributed by atoms with van der Waals surface area (Å²) in [5.41, 5.74) is 0.124. The molecular weight excluding hydrogens is 406 g/mol. The van der Waals surface area contributed by atoms with E-state index in [2.05, 4.69) is 37.6 Å². The first-order valence-electron chi connectivity index (χ1n) is 11.4. The van der Waals surface area contributed by atoms with Gasteiger partial charge >= 0.3 is 0 Å². The van der Waals surface area contributed by atoms with Crippen LogP contribution in [0, 0.1) is 0 Å². The zero-order chi connectivity index (χ0) is 22.8. The van der Waals surface area contributed by atoms with Crippen LogP contribution in [0.15, 0.2) is 52.1 Å². The molecule has 1 aromatic heterocycles. The Kier molecular flexibility index (Phi) is 8.81. The van der Waals surface area contributed by atoms with E-state index >= 15 is 0 Å². The molecule has 1 aliphatic rings. The monoisotopic (exact) mass is 443 g/mol. The van der Waals surface area contributed by atoms with Crippen LogP contribution in [0.5, 0.6) is 5.75 Å². The summed E-state index contributed by atoms with van der Waals surface area (Å²) in [6.45, 7) is 10.8. The number of hydrogen-bond donors (Lipinski definition) is 3. The molecule has 0 amide bonds. The second-order valence-electron chi connectivity index (χ2n) is 8.25. The van der Waals surface area contributed by atoms with Crippen LogP contribution >= 0.6 is 0 Å². The van der Waals surface area contributed by atoms with E-state index < -0.39 is 5.60 Å². The van der Waals surface area contributed by atoms with Crippen LogP contribution in [0.3, 0.4) is 0 Å². The molecule has 1 aromatic carbocycles. The molecular formula is C24H37N5O3. The van der Waals surface area contributed by atoms with Gasteiger partial charge in [-0.3, -0.25) is 4.90 Å². The molecule has 0 bridgehead atoms. The molecule has 1 unspecified atom stereocenters. The number of ether oxygens (including phenoxy) is 1. The Labute approximate surface area is 191 Å². The number of furan rings is 1. The number of nitrogens with zero attached hydrogens (tertiary/aromatic N) is 3. The summed E-state index contributed by atoms with van der Waals surface area (Å²) >= 11 is 0. The molecule has 0 aliphatic carbocycles. The number of benzene rings is 1. The Balaban J connectivity index is 1.38. The molecule has 176 valence electrons. The van der Waals surface area contributed by atoms with Crippen molar-refractivity contribution in [3.63, 3.8) is 0 Å². The molecule has 2 aromatic rings. The van der Waals surface area contributed by atoms with Crippen LogP contribution in [0.4, 0.5) is 5.69 Å². The fourth-order valence-electron chi connectivity index (χ4n) is 3.77. The van der Waals surface area contributed by atoms with Crippen LogP contribution in [0.2, 0.25) is 0 Å². The minimum absolute atomic E-state index is 0.225. The van der Waals surface area contributed by atoms with Gasteiger partial charge in [0.1, 0.15) is 17.1 Å². The lowest BCUT2D eigenvalue weighted by molar-refractivity contribution is 0.0437. The van der Waals surface area contributed by atoms with Crippen molar-refractivity contribution in [2.24, 2.45) is 4.99 Å². The summed E-state index contributed by atoms with van der Waals surface area (Å²) in [6.07, 6.45) is 2.59. The summed E-state index contributed by atoms with van der Waals surface area (Å²) < 4.78 is 10.6. The lowest BCUT2D eigenvalue weighted by Crippen LogP contribution is -2.47. The van der Waals surface area contributed by atoms with Crippen molar-refractivity contribution >= 4 is 11.6 Å². The largest absolute Gasteiger partial charge is 0.497 e. The van der Waals surface area contributed by atoms with Crippen LogP contribution < -0.4 is 20.3 Å². The van der Waals surface area contributed by atoms with Gasteiger partial charge in [0.2, 0.25) is 0 Å². The number of methoxy groups -OCH3 is 1. The Morgan fingerprint density at radius 3 is 2.53 bits per heavy atom. The predicted octanol–water partition coefficient (Wildman–Crippen LogP) is 2.26. The molecule has 1 atom stereocenters. The number of anilines is 1. The molecule has 1 saturated heterocycles. The maximum absolute atomic E-state index is 10.6. The van der Waals surface area contributed by atoms with Crippen LogP contribution in [0.25, 0.3) is 0 Å². The third-order valence-electron chi connectivity index (χ3n) is 5.69. The maximum atomic E-state index is 10.6. The summed E-state index contributed by atoms with van der Waals surface area (Å²) in [5, 5.41) is 17.2. The first-order valence-corrected chi connectivity index (χ1v) is 11.4. The molecule has 32 heavy (non-hydrogen) atoms. The van der Waals surface area contributed by atoms with E-state index in [0.717, 1.165) is 58.0 Å². The van der Waals surface area contributed by atoms with Gasteiger partial charge in [0, 0.05) is 45.0 Å². The molecule has 8 nitrogen and oxygen atoms in total. The Morgan fingerprint density at radius 2 is 1.91 bits per heavy atom. The molecule has 1 aliphatic heterocycles. The van der Waals surface area contributed by atoms with Crippen molar-refractivity contribution in [1.29, 1.82) is 0 Å². The predicted molar refractivity (Wildman–Crippen MR) is 129 cm³/mol. The number of hydrogen-bond acceptors (Lipinski definition) is 6. The zero-order valence-electron chi connectivity index (χ0n) is 19.5. The highest BCUT2D eigenvalue weighted by Crippen LogP contribution is 2.21. The summed E-state index contributed by atoms with van der Waals surface area (Å²) in [5.74, 6) is 2.12. The normalized spacial score (nSPS) is 17.1. The molecule has 3 rings (SSSR count). The van der Waals surface area contributed by atoms with Gasteiger partial charge in [-0.2, -0.15) is 0 Å². The molecule has 0 radical (unpaired) electrons. The van der Waals surface area contributed by atoms with Gasteiger partial charge in [0.15, 0.2) is 5.96 Å². The van der Waals surface area contributed by atoms with Gasteiger partial charge in [-0.05, 0) is 63.2 Å². The number of piperazine rings is 1. The van der Waals surface area contributed by atoms with Gasteiger partial charge in [0.05, 0.1) is 19.9 Å². The topological polar surface area (TPSA) is 85.5 Å². The third-order valence-corrected chi connectivity index (χ3v) is 5.69. The Morgan fingerprint density at radius 1 is 1.16 bits per heavy atom. The number of aliphatic imine (C=N–C) groups is 1. The average Bonchev–Trinajstić information content (AvgIpc) is 3.37. The minimum Gasteiger partial charge on any atom is -0.497 e. The summed E-state index contributed by atoms with van der Waals surface area (Å²) in [4.78, 5) is 9.47. The van der Waals surface area contributed by atoms with Crippen molar-refractivity contribution in [2.45, 2.75) is 25.9 Å². The van der Waals surface area contributed by atoms with Crippen LogP contribution in [0.1, 0.15) is 26.0 Å². The molecule has 1 fully saturated rings. The van der Waals surface area contributed by atoms with Gasteiger partial charge in [-0.25, -0.2) is 4.99 Å². The summed E-state index contributed by atoms with van der Waals surface area (Å²) in [6, 6.07) is 11.8. The van der Waals surface area contributed by atoms with E-state index in [-0.39, 0.29) is 6.54 Å². The number of guanidine groups is 1. The highest BCUT2D eigenvalue weighted by atomic mass is 16.5. The molecule has 3 N–H and O–H groups in total. The Bertz CT molecular complexity index is 813. The number of rotatable bonds is 10. The van der Waals surface area contributed by atoms with Crippen LogP contribution in [-0.2, 0) is 5.60 Å². The van der Waals surface area contributed by atoms with E-state index in [1.165, 1.54) is 5.69 Å². The standard InChI is InChI=1S/C24H37N5O3/c1-4-25-23(27-19-24(2,30)22-7-5-18-32-22)26-12-6-13-28-14-16-29(17-15-28)20-8-10-21(31-3)11-9-20/h5,7-11,18,30H,4,6,12-17,19H2,1-3H3,(H2,25,26,27). The SMILES string of the molecule is CCNC(=NCC(C)(O)c1ccco1)NCCCN1CCN(c2ccc(OC)cc2)CC1. The van der Waals surface area contributed by atoms with Gasteiger partial charge in [0.25, 0.3) is 0 Å². The fourth-order valence-corrected chi connectivity index (χ4v) is 3.77. The van der Waals surface area contributed by atoms with Gasteiger partial charge in [-0.1, -0.05) is 0 Å². The molecule has 0 spiro atoms. The Hall–Kier alpha value is -2.71. The third kappa shape index (κ3) is 6.90. The van der Waals surface area contributed by atoms with Crippen LogP contribution in [-0.4, -0.2) is 75.4 Å². The lowest BCUT2D eigenvalue weighted by Gasteiger charge is -2.36. The lowest BCUT2D eigenvalue weighted by atomic mass is 10.0. The number of nitrogens with one attached hydrogen (secondary N) is 2. The van der Waals surface area contributed by atoms with E-state index in [1.807, 2.05) is 19.1 Å². The van der Waals surface area contributed by atoms with E-state index in [4.69, 9.17) is 9.15 Å².